The minimum absolute atomic E-state index is 0.0406. The molecule has 0 aliphatic heterocycles. The van der Waals surface area contributed by atoms with Crippen molar-refractivity contribution in [3.63, 3.8) is 0 Å². The summed E-state index contributed by atoms with van der Waals surface area (Å²) in [5.41, 5.74) is 4.57. The molecular weight excluding hydrogens is 469 g/mol. The number of carbonyl (C=O) groups excluding carboxylic acids is 2. The summed E-state index contributed by atoms with van der Waals surface area (Å²) >= 11 is 2.03. The van der Waals surface area contributed by atoms with E-state index in [-0.39, 0.29) is 11.4 Å². The summed E-state index contributed by atoms with van der Waals surface area (Å²) in [5, 5.41) is 11.0. The highest BCUT2D eigenvalue weighted by atomic mass is 127. The molecule has 2 rings (SSSR count). The number of carbonyl (C=O) groups is 2. The zero-order chi connectivity index (χ0) is 20.0. The van der Waals surface area contributed by atoms with Crippen molar-refractivity contribution in [2.24, 2.45) is 0 Å². The topological polar surface area (TPSA) is 120 Å². The minimum Gasteiger partial charge on any atom is -0.496 e. The number of halogens is 1. The number of amides is 2. The summed E-state index contributed by atoms with van der Waals surface area (Å²) in [4.78, 5) is 34.6. The van der Waals surface area contributed by atoms with Crippen LogP contribution in [-0.2, 0) is 4.79 Å². The van der Waals surface area contributed by atoms with Crippen LogP contribution >= 0.6 is 22.6 Å². The maximum Gasteiger partial charge on any atom is 0.310 e. The molecule has 2 N–H and O–H groups in total. The van der Waals surface area contributed by atoms with Crippen LogP contribution in [0.15, 0.2) is 42.5 Å². The first-order valence-corrected chi connectivity index (χ1v) is 8.75. The fourth-order valence-corrected chi connectivity index (χ4v) is 2.79. The van der Waals surface area contributed by atoms with Crippen molar-refractivity contribution < 1.29 is 24.0 Å². The van der Waals surface area contributed by atoms with Crippen molar-refractivity contribution in [3.05, 3.63) is 61.7 Å². The van der Waals surface area contributed by atoms with Crippen molar-refractivity contribution in [3.8, 4) is 11.5 Å². The quantitative estimate of drug-likeness (QED) is 0.369. The third kappa shape index (κ3) is 5.29. The number of benzene rings is 2. The molecule has 0 radical (unpaired) electrons. The van der Waals surface area contributed by atoms with E-state index >= 15 is 0 Å². The van der Waals surface area contributed by atoms with E-state index in [1.807, 2.05) is 22.6 Å². The number of nitro groups is 1. The Morgan fingerprint density at radius 2 is 1.85 bits per heavy atom. The van der Waals surface area contributed by atoms with Crippen molar-refractivity contribution in [2.45, 2.75) is 13.0 Å². The Bertz CT molecular complexity index is 873. The van der Waals surface area contributed by atoms with Gasteiger partial charge in [0, 0.05) is 11.6 Å². The molecule has 0 fully saturated rings. The number of methoxy groups -OCH3 is 1. The van der Waals surface area contributed by atoms with E-state index < -0.39 is 22.8 Å². The molecule has 0 heterocycles. The highest BCUT2D eigenvalue weighted by Gasteiger charge is 2.21. The average Bonchev–Trinajstić information content (AvgIpc) is 2.65. The van der Waals surface area contributed by atoms with Gasteiger partial charge in [0.25, 0.3) is 11.8 Å². The Morgan fingerprint density at radius 1 is 1.15 bits per heavy atom. The highest BCUT2D eigenvalue weighted by molar-refractivity contribution is 14.1. The SMILES string of the molecule is COc1ccc(C(=O)NNC(=O)C(C)Oc2ccccc2[N+](=O)[O-])cc1I. The molecule has 0 saturated heterocycles. The lowest BCUT2D eigenvalue weighted by molar-refractivity contribution is -0.386. The first-order valence-electron chi connectivity index (χ1n) is 7.67. The van der Waals surface area contributed by atoms with Gasteiger partial charge in [0.2, 0.25) is 0 Å². The van der Waals surface area contributed by atoms with Crippen molar-refractivity contribution >= 4 is 40.1 Å². The van der Waals surface area contributed by atoms with Gasteiger partial charge in [-0.15, -0.1) is 0 Å². The van der Waals surface area contributed by atoms with Crippen LogP contribution in [0, 0.1) is 13.7 Å². The predicted octanol–water partition coefficient (Wildman–Crippen LogP) is 2.44. The monoisotopic (exact) mass is 485 g/mol. The molecule has 0 bridgehead atoms. The number of ether oxygens (including phenoxy) is 2. The second-order valence-electron chi connectivity index (χ2n) is 5.28. The van der Waals surface area contributed by atoms with Crippen LogP contribution in [0.25, 0.3) is 0 Å². The van der Waals surface area contributed by atoms with Gasteiger partial charge in [-0.25, -0.2) is 0 Å². The summed E-state index contributed by atoms with van der Waals surface area (Å²) in [7, 11) is 1.52. The van der Waals surface area contributed by atoms with Crippen LogP contribution in [-0.4, -0.2) is 30.0 Å². The van der Waals surface area contributed by atoms with E-state index in [1.54, 1.807) is 24.3 Å². The standard InChI is InChI=1S/C17H16IN3O6/c1-10(27-15-6-4-3-5-13(15)21(24)25)16(22)19-20-17(23)11-7-8-14(26-2)12(18)9-11/h3-10H,1-2H3,(H,19,22)(H,20,23). The van der Waals surface area contributed by atoms with E-state index in [4.69, 9.17) is 9.47 Å². The van der Waals surface area contributed by atoms with Gasteiger partial charge >= 0.3 is 5.69 Å². The molecule has 2 amide bonds. The smallest absolute Gasteiger partial charge is 0.310 e. The van der Waals surface area contributed by atoms with Crippen molar-refractivity contribution in [1.29, 1.82) is 0 Å². The Labute approximate surface area is 168 Å². The molecule has 2 aromatic rings. The van der Waals surface area contributed by atoms with Crippen LogP contribution in [0.2, 0.25) is 0 Å². The number of nitrogens with one attached hydrogen (secondary N) is 2. The van der Waals surface area contributed by atoms with E-state index in [0.29, 0.717) is 11.3 Å². The van der Waals surface area contributed by atoms with Crippen LogP contribution < -0.4 is 20.3 Å². The maximum atomic E-state index is 12.1. The molecule has 9 nitrogen and oxygen atoms in total. The fraction of sp³-hybridized carbons (Fsp3) is 0.176. The third-order valence-corrected chi connectivity index (χ3v) is 4.29. The number of rotatable bonds is 6. The van der Waals surface area contributed by atoms with E-state index in [0.717, 1.165) is 3.57 Å². The summed E-state index contributed by atoms with van der Waals surface area (Å²) < 4.78 is 11.2. The lowest BCUT2D eigenvalue weighted by Crippen LogP contribution is -2.47. The van der Waals surface area contributed by atoms with Crippen molar-refractivity contribution in [2.75, 3.05) is 7.11 Å². The van der Waals surface area contributed by atoms with Gasteiger partial charge in [-0.1, -0.05) is 12.1 Å². The average molecular weight is 485 g/mol. The number of nitrogens with zero attached hydrogens (tertiary/aromatic N) is 1. The Balaban J connectivity index is 1.96. The molecule has 1 unspecified atom stereocenters. The summed E-state index contributed by atoms with van der Waals surface area (Å²) in [6.45, 7) is 1.41. The molecular formula is C17H16IN3O6. The number of para-hydroxylation sites is 2. The molecule has 27 heavy (non-hydrogen) atoms. The van der Waals surface area contributed by atoms with Gasteiger partial charge in [-0.2, -0.15) is 0 Å². The van der Waals surface area contributed by atoms with Crippen LogP contribution in [0.3, 0.4) is 0 Å². The highest BCUT2D eigenvalue weighted by Crippen LogP contribution is 2.26. The maximum absolute atomic E-state index is 12.1. The first kappa shape index (κ1) is 20.4. The van der Waals surface area contributed by atoms with E-state index in [1.165, 1.54) is 32.2 Å². The van der Waals surface area contributed by atoms with Gasteiger partial charge in [0.05, 0.1) is 15.6 Å². The number of hydrogen-bond acceptors (Lipinski definition) is 6. The van der Waals surface area contributed by atoms with Crippen molar-refractivity contribution in [1.82, 2.24) is 10.9 Å². The Morgan fingerprint density at radius 3 is 2.48 bits per heavy atom. The molecule has 0 aromatic heterocycles. The Kier molecular flexibility index (Phi) is 6.93. The Hall–Kier alpha value is -2.89. The third-order valence-electron chi connectivity index (χ3n) is 3.45. The summed E-state index contributed by atoms with van der Waals surface area (Å²) in [6, 6.07) is 10.5. The van der Waals surface area contributed by atoms with Crippen LogP contribution in [0.4, 0.5) is 5.69 Å². The normalized spacial score (nSPS) is 11.2. The van der Waals surface area contributed by atoms with Gasteiger partial charge in [-0.05, 0) is 53.8 Å². The number of hydrazine groups is 1. The first-order chi connectivity index (χ1) is 12.8. The molecule has 0 aliphatic carbocycles. The number of nitro benzene ring substituents is 1. The minimum atomic E-state index is -1.07. The van der Waals surface area contributed by atoms with E-state index in [9.17, 15) is 19.7 Å². The molecule has 10 heteroatoms. The fourth-order valence-electron chi connectivity index (χ4n) is 2.05. The predicted molar refractivity (Wildman–Crippen MR) is 105 cm³/mol. The van der Waals surface area contributed by atoms with Gasteiger partial charge in [-0.3, -0.25) is 30.6 Å². The molecule has 2 aromatic carbocycles. The van der Waals surface area contributed by atoms with Crippen LogP contribution in [0.5, 0.6) is 11.5 Å². The van der Waals surface area contributed by atoms with Crippen LogP contribution in [0.1, 0.15) is 17.3 Å². The lowest BCUT2D eigenvalue weighted by Gasteiger charge is -2.15. The molecule has 142 valence electrons. The van der Waals surface area contributed by atoms with E-state index in [2.05, 4.69) is 10.9 Å². The zero-order valence-electron chi connectivity index (χ0n) is 14.4. The molecule has 1 atom stereocenters. The second-order valence-corrected chi connectivity index (χ2v) is 6.44. The second kappa shape index (κ2) is 9.16. The number of hydrogen-bond donors (Lipinski definition) is 2. The summed E-state index contributed by atoms with van der Waals surface area (Å²) in [6.07, 6.45) is -1.07. The summed E-state index contributed by atoms with van der Waals surface area (Å²) in [5.74, 6) is -0.602. The lowest BCUT2D eigenvalue weighted by atomic mass is 10.2. The van der Waals surface area contributed by atoms with Gasteiger partial charge < -0.3 is 9.47 Å². The molecule has 0 saturated carbocycles. The zero-order valence-corrected chi connectivity index (χ0v) is 16.6. The van der Waals surface area contributed by atoms with Gasteiger partial charge in [0.15, 0.2) is 11.9 Å². The molecule has 0 spiro atoms. The van der Waals surface area contributed by atoms with Gasteiger partial charge in [0.1, 0.15) is 5.75 Å². The largest absolute Gasteiger partial charge is 0.496 e. The molecule has 0 aliphatic rings.